The van der Waals surface area contributed by atoms with Crippen molar-refractivity contribution in [3.63, 3.8) is 0 Å². The zero-order chi connectivity index (χ0) is 21.3. The highest BCUT2D eigenvalue weighted by molar-refractivity contribution is 6.38. The first-order valence-corrected chi connectivity index (χ1v) is 11.1. The zero-order valence-electron chi connectivity index (χ0n) is 16.6. The van der Waals surface area contributed by atoms with Crippen LogP contribution in [0, 0.1) is 0 Å². The molecule has 0 saturated carbocycles. The van der Waals surface area contributed by atoms with Crippen LogP contribution in [0.4, 0.5) is 0 Å². The van der Waals surface area contributed by atoms with Gasteiger partial charge in [0.05, 0.1) is 6.04 Å². The number of halogens is 3. The molecule has 4 rings (SSSR count). The lowest BCUT2D eigenvalue weighted by Crippen LogP contribution is -2.50. The van der Waals surface area contributed by atoms with Crippen LogP contribution < -0.4 is 5.43 Å². The number of nitrogens with zero attached hydrogens (tertiary/aromatic N) is 3. The van der Waals surface area contributed by atoms with Gasteiger partial charge in [-0.3, -0.25) is 15.2 Å². The Kier molecular flexibility index (Phi) is 6.54. The third-order valence-corrected chi connectivity index (χ3v) is 6.44. The third-order valence-electron chi connectivity index (χ3n) is 5.62. The average Bonchev–Trinajstić information content (AvgIpc) is 3.06. The fourth-order valence-corrected chi connectivity index (χ4v) is 4.75. The van der Waals surface area contributed by atoms with Gasteiger partial charge in [-0.15, -0.1) is 0 Å². The van der Waals surface area contributed by atoms with Crippen LogP contribution in [-0.4, -0.2) is 41.8 Å². The van der Waals surface area contributed by atoms with Crippen LogP contribution in [0.3, 0.4) is 0 Å². The topological polar surface area (TPSA) is 47.9 Å². The molecule has 158 valence electrons. The van der Waals surface area contributed by atoms with E-state index in [2.05, 4.69) is 5.43 Å². The maximum atomic E-state index is 13.1. The van der Waals surface area contributed by atoms with Gasteiger partial charge in [0.25, 0.3) is 0 Å². The number of carbonyl (C=O) groups is 1. The summed E-state index contributed by atoms with van der Waals surface area (Å²) in [5, 5.41) is 3.72. The molecule has 5 nitrogen and oxygen atoms in total. The summed E-state index contributed by atoms with van der Waals surface area (Å²) >= 11 is 18.7. The minimum atomic E-state index is -0.344. The van der Waals surface area contributed by atoms with Crippen LogP contribution in [0.5, 0.6) is 0 Å². The summed E-state index contributed by atoms with van der Waals surface area (Å²) in [6.45, 7) is 1.71. The number of rotatable bonds is 4. The molecule has 2 aliphatic heterocycles. The number of likely N-dealkylation sites (N-methyl/N-ethyl adjacent to an activating group) is 1. The molecule has 2 heterocycles. The molecule has 1 fully saturated rings. The van der Waals surface area contributed by atoms with Gasteiger partial charge in [-0.25, -0.2) is 5.01 Å². The van der Waals surface area contributed by atoms with E-state index in [9.17, 15) is 4.79 Å². The molecule has 0 aliphatic carbocycles. The average molecular weight is 466 g/mol. The highest BCUT2D eigenvalue weighted by Crippen LogP contribution is 2.44. The molecule has 0 radical (unpaired) electrons. The predicted octanol–water partition coefficient (Wildman–Crippen LogP) is 5.29. The van der Waals surface area contributed by atoms with Gasteiger partial charge in [0.2, 0.25) is 0 Å². The van der Waals surface area contributed by atoms with Crippen molar-refractivity contribution in [2.45, 2.75) is 31.3 Å². The molecule has 1 N–H and O–H groups in total. The van der Waals surface area contributed by atoms with Gasteiger partial charge in [-0.2, -0.15) is 0 Å². The van der Waals surface area contributed by atoms with Gasteiger partial charge < -0.3 is 4.90 Å². The van der Waals surface area contributed by atoms with Gasteiger partial charge in [-0.1, -0.05) is 59.4 Å². The number of carbonyl (C=O) groups excluding carboxylic acids is 1. The van der Waals surface area contributed by atoms with Crippen LogP contribution in [0.1, 0.15) is 42.5 Å². The predicted molar refractivity (Wildman–Crippen MR) is 122 cm³/mol. The maximum Gasteiger partial charge on any atom is 0.300 e. The van der Waals surface area contributed by atoms with E-state index in [0.29, 0.717) is 20.9 Å². The van der Waals surface area contributed by atoms with Crippen LogP contribution >= 0.6 is 34.8 Å². The second-order valence-corrected chi connectivity index (χ2v) is 8.94. The largest absolute Gasteiger partial charge is 0.346 e. The molecule has 2 aliphatic rings. The number of amides is 1. The van der Waals surface area contributed by atoms with Gasteiger partial charge in [0, 0.05) is 35.2 Å². The summed E-state index contributed by atoms with van der Waals surface area (Å²) in [6, 6.07) is 12.4. The SMILES string of the molecule is CN1C(C(=O)NN2CCCCC2)=NC(c2ccc(Cl)cc2Cl)C1c1ccc(Cl)cc1. The standard InChI is InChI=1S/C22H23Cl3N4O/c1-28-20(14-5-7-15(23)8-6-14)19(17-10-9-16(24)13-18(17)25)26-21(28)22(30)27-29-11-3-2-4-12-29/h5-10,13,19-20H,2-4,11-12H2,1H3,(H,27,30). The van der Waals surface area contributed by atoms with Crippen molar-refractivity contribution in [1.29, 1.82) is 0 Å². The van der Waals surface area contributed by atoms with Gasteiger partial charge in [0.1, 0.15) is 6.04 Å². The number of piperidine rings is 1. The van der Waals surface area contributed by atoms with E-state index in [1.54, 1.807) is 12.1 Å². The number of nitrogens with one attached hydrogen (secondary N) is 1. The van der Waals surface area contributed by atoms with Crippen molar-refractivity contribution >= 4 is 46.5 Å². The molecule has 2 atom stereocenters. The molecule has 0 spiro atoms. The number of amidine groups is 1. The molecule has 0 bridgehead atoms. The molecule has 1 amide bonds. The van der Waals surface area contributed by atoms with Gasteiger partial charge >= 0.3 is 5.91 Å². The van der Waals surface area contributed by atoms with Crippen LogP contribution in [0.15, 0.2) is 47.5 Å². The summed E-state index contributed by atoms with van der Waals surface area (Å²) in [6.07, 6.45) is 3.36. The summed E-state index contributed by atoms with van der Waals surface area (Å²) in [5.74, 6) is 0.183. The number of hydrogen-bond donors (Lipinski definition) is 1. The zero-order valence-corrected chi connectivity index (χ0v) is 18.9. The van der Waals surface area contributed by atoms with Gasteiger partial charge in [-0.05, 0) is 48.2 Å². The second kappa shape index (κ2) is 9.15. The Balaban J connectivity index is 1.68. The molecule has 2 unspecified atom stereocenters. The fraction of sp³-hybridized carbons (Fsp3) is 0.364. The Morgan fingerprint density at radius 2 is 1.67 bits per heavy atom. The lowest BCUT2D eigenvalue weighted by Gasteiger charge is -2.30. The van der Waals surface area contributed by atoms with Crippen molar-refractivity contribution in [3.05, 3.63) is 68.7 Å². The molecular weight excluding hydrogens is 443 g/mol. The van der Waals surface area contributed by atoms with E-state index in [1.165, 1.54) is 6.42 Å². The Hall–Kier alpha value is -1.79. The van der Waals surface area contributed by atoms with Crippen molar-refractivity contribution in [2.24, 2.45) is 4.99 Å². The first-order chi connectivity index (χ1) is 14.4. The summed E-state index contributed by atoms with van der Waals surface area (Å²) < 4.78 is 0. The van der Waals surface area contributed by atoms with Crippen molar-refractivity contribution < 1.29 is 4.79 Å². The van der Waals surface area contributed by atoms with E-state index in [-0.39, 0.29) is 18.0 Å². The molecule has 1 saturated heterocycles. The summed E-state index contributed by atoms with van der Waals surface area (Å²) in [4.78, 5) is 19.8. The van der Waals surface area contributed by atoms with Crippen LogP contribution in [0.2, 0.25) is 15.1 Å². The lowest BCUT2D eigenvalue weighted by atomic mass is 9.94. The smallest absolute Gasteiger partial charge is 0.300 e. The molecule has 2 aromatic rings. The van der Waals surface area contributed by atoms with Gasteiger partial charge in [0.15, 0.2) is 5.84 Å². The van der Waals surface area contributed by atoms with E-state index in [1.807, 2.05) is 47.3 Å². The Bertz CT molecular complexity index is 957. The third kappa shape index (κ3) is 4.45. The molecular formula is C22H23Cl3N4O. The number of hydrazine groups is 1. The monoisotopic (exact) mass is 464 g/mol. The van der Waals surface area contributed by atoms with Crippen molar-refractivity contribution in [3.8, 4) is 0 Å². The number of benzene rings is 2. The lowest BCUT2D eigenvalue weighted by molar-refractivity contribution is -0.120. The van der Waals surface area contributed by atoms with Crippen LogP contribution in [-0.2, 0) is 4.79 Å². The minimum absolute atomic E-state index is 0.192. The summed E-state index contributed by atoms with van der Waals surface area (Å²) in [5.41, 5.74) is 4.84. The molecule has 8 heteroatoms. The normalized spacial score (nSPS) is 22.1. The minimum Gasteiger partial charge on any atom is -0.346 e. The summed E-state index contributed by atoms with van der Waals surface area (Å²) in [7, 11) is 1.89. The van der Waals surface area contributed by atoms with Crippen LogP contribution in [0.25, 0.3) is 0 Å². The first-order valence-electron chi connectivity index (χ1n) is 10.0. The fourth-order valence-electron chi connectivity index (χ4n) is 4.10. The number of hydrogen-bond acceptors (Lipinski definition) is 4. The van der Waals surface area contributed by atoms with E-state index >= 15 is 0 Å². The second-order valence-electron chi connectivity index (χ2n) is 7.66. The van der Waals surface area contributed by atoms with E-state index in [0.717, 1.165) is 37.1 Å². The quantitative estimate of drug-likeness (QED) is 0.667. The van der Waals surface area contributed by atoms with Crippen molar-refractivity contribution in [1.82, 2.24) is 15.3 Å². The molecule has 2 aromatic carbocycles. The maximum absolute atomic E-state index is 13.1. The van der Waals surface area contributed by atoms with E-state index in [4.69, 9.17) is 39.8 Å². The van der Waals surface area contributed by atoms with Crippen molar-refractivity contribution in [2.75, 3.05) is 20.1 Å². The number of aliphatic imine (C=N–C) groups is 1. The Morgan fingerprint density at radius 1 is 1.00 bits per heavy atom. The highest BCUT2D eigenvalue weighted by Gasteiger charge is 2.40. The van der Waals surface area contributed by atoms with E-state index < -0.39 is 0 Å². The molecule has 0 aromatic heterocycles. The first kappa shape index (κ1) is 21.4. The Morgan fingerprint density at radius 3 is 2.33 bits per heavy atom. The Labute approximate surface area is 191 Å². The molecule has 30 heavy (non-hydrogen) atoms. The highest BCUT2D eigenvalue weighted by atomic mass is 35.5.